The van der Waals surface area contributed by atoms with Crippen LogP contribution in [0.1, 0.15) is 12.8 Å². The number of nitrogens with two attached hydrogens (primary N) is 1. The summed E-state index contributed by atoms with van der Waals surface area (Å²) in [5.41, 5.74) is 7.02. The summed E-state index contributed by atoms with van der Waals surface area (Å²) in [6.07, 6.45) is 3.26. The van der Waals surface area contributed by atoms with Crippen LogP contribution < -0.4 is 39.9 Å². The van der Waals surface area contributed by atoms with E-state index in [2.05, 4.69) is 4.98 Å². The summed E-state index contributed by atoms with van der Waals surface area (Å²) in [6.45, 7) is 0.520. The molecule has 0 aliphatic carbocycles. The SMILES string of the molecule is COc1cc2c(cc1OC(=O)N(C)c1ccccc1OC(=O)CCCN1C(=O)C=CC1=O)c(=O)n(CCN)c1c3cc4c(cc3ncc21)OCO4. The molecule has 2 aromatic heterocycles. The number of ether oxygens (including phenoxy) is 5. The van der Waals surface area contributed by atoms with E-state index in [9.17, 15) is 24.0 Å². The van der Waals surface area contributed by atoms with Crippen LogP contribution in [0.5, 0.6) is 28.7 Å². The van der Waals surface area contributed by atoms with Crippen molar-refractivity contribution in [1.29, 1.82) is 0 Å². The minimum atomic E-state index is -0.860. The molecule has 7 rings (SSSR count). The first-order chi connectivity index (χ1) is 24.7. The van der Waals surface area contributed by atoms with E-state index >= 15 is 0 Å². The number of carbonyl (C=O) groups excluding carboxylic acids is 4. The van der Waals surface area contributed by atoms with E-state index in [0.29, 0.717) is 38.7 Å². The number of anilines is 1. The molecule has 260 valence electrons. The second kappa shape index (κ2) is 13.4. The normalized spacial score (nSPS) is 13.4. The number of benzene rings is 3. The van der Waals surface area contributed by atoms with Gasteiger partial charge in [-0.15, -0.1) is 0 Å². The molecule has 15 heteroatoms. The quantitative estimate of drug-likeness (QED) is 0.0972. The molecule has 0 radical (unpaired) electrons. The number of pyridine rings is 2. The van der Waals surface area contributed by atoms with Gasteiger partial charge in [-0.1, -0.05) is 12.1 Å². The molecule has 5 aromatic rings. The second-order valence-electron chi connectivity index (χ2n) is 11.7. The fourth-order valence-electron chi connectivity index (χ4n) is 6.13. The first kappa shape index (κ1) is 33.0. The van der Waals surface area contributed by atoms with Crippen LogP contribution in [0, 0.1) is 0 Å². The van der Waals surface area contributed by atoms with Crippen molar-refractivity contribution < 1.29 is 42.9 Å². The first-order valence-corrected chi connectivity index (χ1v) is 15.9. The van der Waals surface area contributed by atoms with E-state index in [-0.39, 0.29) is 73.2 Å². The third kappa shape index (κ3) is 6.03. The molecular formula is C36H31N5O10. The standard InChI is InChI=1S/C36H31N5O10/c1-39(25-6-3-4-7-26(25)50-33(44)8-5-12-40-31(42)9-10-32(40)43)36(46)51-30-15-21-20(14-27(30)47-2)23-18-38-24-17-29-28(48-19-49-29)16-22(24)34(23)41(13-11-37)35(21)45/h3-4,6-7,9-10,14-18H,5,8,11-13,19,37H2,1-2H3. The highest BCUT2D eigenvalue weighted by Gasteiger charge is 2.25. The Hall–Kier alpha value is -6.48. The van der Waals surface area contributed by atoms with Crippen molar-refractivity contribution in [3.63, 3.8) is 0 Å². The summed E-state index contributed by atoms with van der Waals surface area (Å²) in [5, 5.41) is 2.08. The van der Waals surface area contributed by atoms with Crippen molar-refractivity contribution in [3.8, 4) is 28.7 Å². The third-order valence-electron chi connectivity index (χ3n) is 8.61. The molecule has 2 N–H and O–H groups in total. The van der Waals surface area contributed by atoms with Gasteiger partial charge in [0.05, 0.1) is 29.2 Å². The molecular weight excluding hydrogens is 662 g/mol. The molecule has 0 bridgehead atoms. The van der Waals surface area contributed by atoms with Gasteiger partial charge in [0.1, 0.15) is 0 Å². The number of aromatic nitrogens is 2. The predicted molar refractivity (Wildman–Crippen MR) is 184 cm³/mol. The molecule has 15 nitrogen and oxygen atoms in total. The Morgan fingerprint density at radius 3 is 2.35 bits per heavy atom. The predicted octanol–water partition coefficient (Wildman–Crippen LogP) is 3.64. The number of carbonyl (C=O) groups is 4. The highest BCUT2D eigenvalue weighted by atomic mass is 16.7. The fourth-order valence-corrected chi connectivity index (χ4v) is 6.13. The highest BCUT2D eigenvalue weighted by Crippen LogP contribution is 2.40. The van der Waals surface area contributed by atoms with Gasteiger partial charge in [0.15, 0.2) is 28.7 Å². The average Bonchev–Trinajstić information content (AvgIpc) is 3.73. The summed E-state index contributed by atoms with van der Waals surface area (Å²) in [5.74, 6) is -0.157. The van der Waals surface area contributed by atoms with Crippen molar-refractivity contribution in [2.24, 2.45) is 5.73 Å². The lowest BCUT2D eigenvalue weighted by Crippen LogP contribution is -2.31. The van der Waals surface area contributed by atoms with Gasteiger partial charge in [-0.2, -0.15) is 0 Å². The van der Waals surface area contributed by atoms with Crippen molar-refractivity contribution in [1.82, 2.24) is 14.5 Å². The van der Waals surface area contributed by atoms with Crippen molar-refractivity contribution in [2.45, 2.75) is 19.4 Å². The topological polar surface area (TPSA) is 182 Å². The first-order valence-electron chi connectivity index (χ1n) is 15.9. The van der Waals surface area contributed by atoms with Gasteiger partial charge in [0.2, 0.25) is 6.79 Å². The van der Waals surface area contributed by atoms with Crippen LogP contribution in [-0.4, -0.2) is 72.4 Å². The van der Waals surface area contributed by atoms with E-state index < -0.39 is 23.9 Å². The van der Waals surface area contributed by atoms with Gasteiger partial charge in [0, 0.05) is 73.7 Å². The molecule has 0 saturated carbocycles. The summed E-state index contributed by atoms with van der Waals surface area (Å²) in [7, 11) is 2.85. The number of methoxy groups -OCH3 is 1. The van der Waals surface area contributed by atoms with Crippen molar-refractivity contribution in [3.05, 3.63) is 77.2 Å². The fraction of sp³-hybridized carbons (Fsp3) is 0.222. The summed E-state index contributed by atoms with van der Waals surface area (Å²) in [6, 6.07) is 13.0. The molecule has 0 fully saturated rings. The molecule has 2 aliphatic rings. The second-order valence-corrected chi connectivity index (χ2v) is 11.7. The summed E-state index contributed by atoms with van der Waals surface area (Å²) < 4.78 is 29.6. The van der Waals surface area contributed by atoms with Gasteiger partial charge in [-0.25, -0.2) is 4.79 Å². The molecule has 0 spiro atoms. The molecule has 0 saturated heterocycles. The number of esters is 1. The van der Waals surface area contributed by atoms with Crippen LogP contribution in [0.3, 0.4) is 0 Å². The Balaban J connectivity index is 1.17. The van der Waals surface area contributed by atoms with E-state index in [4.69, 9.17) is 29.4 Å². The highest BCUT2D eigenvalue weighted by molar-refractivity contribution is 6.15. The van der Waals surface area contributed by atoms with Gasteiger partial charge >= 0.3 is 12.1 Å². The minimum absolute atomic E-state index is 0.0234. The summed E-state index contributed by atoms with van der Waals surface area (Å²) >= 11 is 0. The van der Waals surface area contributed by atoms with Gasteiger partial charge in [-0.05, 0) is 36.8 Å². The molecule has 4 heterocycles. The van der Waals surface area contributed by atoms with Crippen LogP contribution in [-0.2, 0) is 20.9 Å². The molecule has 3 amide bonds. The number of fused-ring (bicyclic) bond motifs is 6. The smallest absolute Gasteiger partial charge is 0.419 e. The molecule has 0 unspecified atom stereocenters. The van der Waals surface area contributed by atoms with Gasteiger partial charge in [-0.3, -0.25) is 34.0 Å². The number of hydrogen-bond donors (Lipinski definition) is 1. The molecule has 3 aromatic carbocycles. The minimum Gasteiger partial charge on any atom is -0.493 e. The van der Waals surface area contributed by atoms with Crippen molar-refractivity contribution in [2.75, 3.05) is 38.9 Å². The van der Waals surface area contributed by atoms with Gasteiger partial charge in [0.25, 0.3) is 17.4 Å². The number of imide groups is 1. The van der Waals surface area contributed by atoms with Crippen molar-refractivity contribution >= 4 is 62.1 Å². The van der Waals surface area contributed by atoms with Crippen LogP contribution in [0.2, 0.25) is 0 Å². The zero-order valence-electron chi connectivity index (χ0n) is 27.5. The maximum Gasteiger partial charge on any atom is 0.419 e. The summed E-state index contributed by atoms with van der Waals surface area (Å²) in [4.78, 5) is 70.7. The number of rotatable bonds is 10. The Labute approximate surface area is 289 Å². The zero-order chi connectivity index (χ0) is 35.8. The number of amides is 3. The van der Waals surface area contributed by atoms with Crippen LogP contribution in [0.15, 0.2) is 71.7 Å². The maximum atomic E-state index is 14.1. The Morgan fingerprint density at radius 2 is 1.61 bits per heavy atom. The monoisotopic (exact) mass is 693 g/mol. The number of nitrogens with zero attached hydrogens (tertiary/aromatic N) is 4. The van der Waals surface area contributed by atoms with E-state index in [1.54, 1.807) is 47.2 Å². The van der Waals surface area contributed by atoms with Crippen LogP contribution in [0.4, 0.5) is 10.5 Å². The lowest BCUT2D eigenvalue weighted by Gasteiger charge is -2.21. The third-order valence-corrected chi connectivity index (χ3v) is 8.61. The van der Waals surface area contributed by atoms with E-state index in [1.807, 2.05) is 0 Å². The van der Waals surface area contributed by atoms with Crippen LogP contribution in [0.25, 0.3) is 32.6 Å². The number of para-hydroxylation sites is 2. The zero-order valence-corrected chi connectivity index (χ0v) is 27.5. The van der Waals surface area contributed by atoms with E-state index in [1.165, 1.54) is 38.4 Å². The van der Waals surface area contributed by atoms with Crippen LogP contribution >= 0.6 is 0 Å². The molecule has 0 atom stereocenters. The Bertz CT molecular complexity index is 2350. The Kier molecular flexibility index (Phi) is 8.70. The largest absolute Gasteiger partial charge is 0.493 e. The molecule has 51 heavy (non-hydrogen) atoms. The number of hydrogen-bond acceptors (Lipinski definition) is 12. The maximum absolute atomic E-state index is 14.1. The molecule has 2 aliphatic heterocycles. The average molecular weight is 694 g/mol. The Morgan fingerprint density at radius 1 is 0.882 bits per heavy atom. The van der Waals surface area contributed by atoms with Gasteiger partial charge < -0.3 is 34.0 Å². The lowest BCUT2D eigenvalue weighted by atomic mass is 10.0. The lowest BCUT2D eigenvalue weighted by molar-refractivity contribution is -0.139. The van der Waals surface area contributed by atoms with E-state index in [0.717, 1.165) is 9.80 Å².